The fraction of sp³-hybridized carbons (Fsp3) is 0.500. The Labute approximate surface area is 96.8 Å². The monoisotopic (exact) mass is 239 g/mol. The zero-order valence-corrected chi connectivity index (χ0v) is 10.5. The highest BCUT2D eigenvalue weighted by molar-refractivity contribution is 7.91. The van der Waals surface area contributed by atoms with Gasteiger partial charge in [-0.15, -0.1) is 0 Å². The van der Waals surface area contributed by atoms with Crippen molar-refractivity contribution in [1.82, 2.24) is 0 Å². The minimum atomic E-state index is -2.80. The van der Waals surface area contributed by atoms with Gasteiger partial charge in [0.2, 0.25) is 0 Å². The highest BCUT2D eigenvalue weighted by atomic mass is 32.2. The normalized spacial score (nSPS) is 23.2. The molecule has 2 rings (SSSR count). The fourth-order valence-electron chi connectivity index (χ4n) is 1.98. The Hall–Kier alpha value is -1.03. The van der Waals surface area contributed by atoms with Gasteiger partial charge < -0.3 is 5.32 Å². The van der Waals surface area contributed by atoms with Crippen LogP contribution in [0, 0.1) is 13.8 Å². The quantitative estimate of drug-likeness (QED) is 0.857. The van der Waals surface area contributed by atoms with Crippen LogP contribution in [0.1, 0.15) is 17.5 Å². The van der Waals surface area contributed by atoms with Crippen LogP contribution in [-0.2, 0) is 9.84 Å². The van der Waals surface area contributed by atoms with Crippen molar-refractivity contribution in [3.8, 4) is 0 Å². The van der Waals surface area contributed by atoms with Gasteiger partial charge in [-0.25, -0.2) is 8.42 Å². The average Bonchev–Trinajstić information content (AvgIpc) is 2.52. The van der Waals surface area contributed by atoms with Gasteiger partial charge in [0.05, 0.1) is 11.5 Å². The van der Waals surface area contributed by atoms with E-state index in [1.165, 1.54) is 11.1 Å². The first-order valence-electron chi connectivity index (χ1n) is 5.50. The summed E-state index contributed by atoms with van der Waals surface area (Å²) in [7, 11) is -2.80. The third-order valence-electron chi connectivity index (χ3n) is 3.11. The summed E-state index contributed by atoms with van der Waals surface area (Å²) in [5.41, 5.74) is 3.50. The van der Waals surface area contributed by atoms with Gasteiger partial charge in [0, 0.05) is 11.7 Å². The highest BCUT2D eigenvalue weighted by Gasteiger charge is 2.27. The summed E-state index contributed by atoms with van der Waals surface area (Å²) in [4.78, 5) is 0. The maximum Gasteiger partial charge on any atom is 0.152 e. The van der Waals surface area contributed by atoms with Gasteiger partial charge >= 0.3 is 0 Å². The van der Waals surface area contributed by atoms with Gasteiger partial charge in [0.25, 0.3) is 0 Å². The zero-order chi connectivity index (χ0) is 11.8. The van der Waals surface area contributed by atoms with Crippen molar-refractivity contribution in [3.05, 3.63) is 29.3 Å². The Morgan fingerprint density at radius 1 is 1.25 bits per heavy atom. The first-order valence-corrected chi connectivity index (χ1v) is 7.33. The number of benzene rings is 1. The molecule has 0 aromatic heterocycles. The largest absolute Gasteiger partial charge is 0.381 e. The minimum absolute atomic E-state index is 0.0760. The Morgan fingerprint density at radius 3 is 2.56 bits per heavy atom. The molecule has 1 aliphatic heterocycles. The van der Waals surface area contributed by atoms with Crippen LogP contribution in [0.5, 0.6) is 0 Å². The lowest BCUT2D eigenvalue weighted by Crippen LogP contribution is -2.20. The van der Waals surface area contributed by atoms with Crippen molar-refractivity contribution in [2.24, 2.45) is 0 Å². The van der Waals surface area contributed by atoms with Gasteiger partial charge in [-0.1, -0.05) is 6.07 Å². The standard InChI is InChI=1S/C12H17NO2S/c1-9-3-4-11(7-10(9)2)13-12-5-6-16(14,15)8-12/h3-4,7,12-13H,5-6,8H2,1-2H3. The maximum atomic E-state index is 11.3. The number of hydrogen-bond acceptors (Lipinski definition) is 3. The molecular formula is C12H17NO2S. The van der Waals surface area contributed by atoms with E-state index >= 15 is 0 Å². The molecule has 1 saturated heterocycles. The van der Waals surface area contributed by atoms with Crippen LogP contribution >= 0.6 is 0 Å². The fourth-order valence-corrected chi connectivity index (χ4v) is 3.65. The summed E-state index contributed by atoms with van der Waals surface area (Å²) in [5, 5.41) is 3.29. The number of hydrogen-bond donors (Lipinski definition) is 1. The van der Waals surface area contributed by atoms with Crippen LogP contribution in [0.15, 0.2) is 18.2 Å². The number of nitrogens with one attached hydrogen (secondary N) is 1. The molecule has 1 aliphatic rings. The lowest BCUT2D eigenvalue weighted by molar-refractivity contribution is 0.602. The van der Waals surface area contributed by atoms with Gasteiger partial charge in [-0.2, -0.15) is 0 Å². The lowest BCUT2D eigenvalue weighted by atomic mass is 10.1. The summed E-state index contributed by atoms with van der Waals surface area (Å²) >= 11 is 0. The topological polar surface area (TPSA) is 46.2 Å². The molecule has 0 amide bonds. The van der Waals surface area contributed by atoms with E-state index in [0.29, 0.717) is 5.75 Å². The molecule has 0 saturated carbocycles. The summed E-state index contributed by atoms with van der Waals surface area (Å²) < 4.78 is 22.6. The van der Waals surface area contributed by atoms with E-state index in [1.54, 1.807) is 0 Å². The van der Waals surface area contributed by atoms with Crippen molar-refractivity contribution in [2.75, 3.05) is 16.8 Å². The van der Waals surface area contributed by atoms with Crippen LogP contribution in [-0.4, -0.2) is 26.0 Å². The smallest absolute Gasteiger partial charge is 0.152 e. The summed E-state index contributed by atoms with van der Waals surface area (Å²) in [5.74, 6) is 0.579. The van der Waals surface area contributed by atoms with Crippen molar-refractivity contribution in [2.45, 2.75) is 26.3 Å². The molecule has 4 heteroatoms. The molecule has 1 N–H and O–H groups in total. The molecule has 3 nitrogen and oxygen atoms in total. The summed E-state index contributed by atoms with van der Waals surface area (Å²) in [6, 6.07) is 6.21. The summed E-state index contributed by atoms with van der Waals surface area (Å²) in [6.07, 6.45) is 0.718. The average molecular weight is 239 g/mol. The molecule has 1 fully saturated rings. The molecule has 88 valence electrons. The molecule has 1 unspecified atom stereocenters. The number of rotatable bonds is 2. The first kappa shape index (κ1) is 11.5. The second-order valence-electron chi connectivity index (χ2n) is 4.54. The molecule has 1 heterocycles. The van der Waals surface area contributed by atoms with E-state index in [-0.39, 0.29) is 11.8 Å². The number of aryl methyl sites for hydroxylation is 2. The second kappa shape index (κ2) is 4.09. The van der Waals surface area contributed by atoms with E-state index in [4.69, 9.17) is 0 Å². The van der Waals surface area contributed by atoms with E-state index in [1.807, 2.05) is 6.07 Å². The highest BCUT2D eigenvalue weighted by Crippen LogP contribution is 2.19. The van der Waals surface area contributed by atoms with Crippen molar-refractivity contribution in [3.63, 3.8) is 0 Å². The first-order chi connectivity index (χ1) is 7.46. The number of sulfone groups is 1. The molecular weight excluding hydrogens is 222 g/mol. The molecule has 0 aliphatic carbocycles. The Morgan fingerprint density at radius 2 is 2.00 bits per heavy atom. The van der Waals surface area contributed by atoms with Crippen LogP contribution < -0.4 is 5.32 Å². The van der Waals surface area contributed by atoms with Crippen LogP contribution in [0.4, 0.5) is 5.69 Å². The summed E-state index contributed by atoms with van der Waals surface area (Å²) in [6.45, 7) is 4.13. The van der Waals surface area contributed by atoms with Gasteiger partial charge in [0.15, 0.2) is 9.84 Å². The van der Waals surface area contributed by atoms with E-state index in [2.05, 4.69) is 31.3 Å². The van der Waals surface area contributed by atoms with Gasteiger partial charge in [0.1, 0.15) is 0 Å². The predicted octanol–water partition coefficient (Wildman–Crippen LogP) is 1.90. The number of anilines is 1. The Kier molecular flexibility index (Phi) is 2.93. The van der Waals surface area contributed by atoms with Crippen molar-refractivity contribution in [1.29, 1.82) is 0 Å². The molecule has 16 heavy (non-hydrogen) atoms. The van der Waals surface area contributed by atoms with Crippen molar-refractivity contribution < 1.29 is 8.42 Å². The zero-order valence-electron chi connectivity index (χ0n) is 9.66. The third-order valence-corrected chi connectivity index (χ3v) is 4.88. The van der Waals surface area contributed by atoms with Gasteiger partial charge in [-0.3, -0.25) is 0 Å². The molecule has 0 spiro atoms. The maximum absolute atomic E-state index is 11.3. The second-order valence-corrected chi connectivity index (χ2v) is 6.77. The van der Waals surface area contributed by atoms with E-state index in [9.17, 15) is 8.42 Å². The Balaban J connectivity index is 2.08. The molecule has 1 aromatic carbocycles. The molecule has 1 atom stereocenters. The van der Waals surface area contributed by atoms with Crippen molar-refractivity contribution >= 4 is 15.5 Å². The predicted molar refractivity (Wildman–Crippen MR) is 66.6 cm³/mol. The Bertz CT molecular complexity index is 494. The molecule has 0 radical (unpaired) electrons. The van der Waals surface area contributed by atoms with E-state index in [0.717, 1.165) is 12.1 Å². The SMILES string of the molecule is Cc1ccc(NC2CCS(=O)(=O)C2)cc1C. The third kappa shape index (κ3) is 2.55. The molecule has 1 aromatic rings. The van der Waals surface area contributed by atoms with Crippen LogP contribution in [0.25, 0.3) is 0 Å². The van der Waals surface area contributed by atoms with E-state index < -0.39 is 9.84 Å². The van der Waals surface area contributed by atoms with Gasteiger partial charge in [-0.05, 0) is 43.5 Å². The molecule has 0 bridgehead atoms. The van der Waals surface area contributed by atoms with Crippen LogP contribution in [0.2, 0.25) is 0 Å². The lowest BCUT2D eigenvalue weighted by Gasteiger charge is -2.13. The minimum Gasteiger partial charge on any atom is -0.381 e. The van der Waals surface area contributed by atoms with Crippen LogP contribution in [0.3, 0.4) is 0 Å².